The summed E-state index contributed by atoms with van der Waals surface area (Å²) in [5.74, 6) is 0.879. The zero-order valence-electron chi connectivity index (χ0n) is 12.1. The summed E-state index contributed by atoms with van der Waals surface area (Å²) in [6.45, 7) is 3.57. The molecule has 1 atom stereocenters. The number of amides is 1. The standard InChI is InChI=1S/C15H28N2O2/c1-2-12-6-8-15(19,9-7-12)11-17-13-5-3-4-10-16-14(13)18/h12-13,17,19H,2-11H2,1H3,(H,16,18). The second kappa shape index (κ2) is 6.71. The molecule has 1 saturated carbocycles. The average molecular weight is 268 g/mol. The van der Waals surface area contributed by atoms with Crippen molar-refractivity contribution in [1.82, 2.24) is 10.6 Å². The van der Waals surface area contributed by atoms with E-state index in [1.54, 1.807) is 0 Å². The van der Waals surface area contributed by atoms with Gasteiger partial charge in [0.25, 0.3) is 0 Å². The van der Waals surface area contributed by atoms with E-state index in [0.29, 0.717) is 6.54 Å². The Morgan fingerprint density at radius 1 is 1.32 bits per heavy atom. The lowest BCUT2D eigenvalue weighted by Crippen LogP contribution is -2.50. The van der Waals surface area contributed by atoms with Gasteiger partial charge in [0.05, 0.1) is 11.6 Å². The number of carbonyl (C=O) groups excluding carboxylic acids is 1. The molecule has 4 nitrogen and oxygen atoms in total. The highest BCUT2D eigenvalue weighted by Crippen LogP contribution is 2.33. The van der Waals surface area contributed by atoms with Gasteiger partial charge in [0.15, 0.2) is 0 Å². The highest BCUT2D eigenvalue weighted by atomic mass is 16.3. The SMILES string of the molecule is CCC1CCC(O)(CNC2CCCCNC2=O)CC1. The van der Waals surface area contributed by atoms with Crippen molar-refractivity contribution in [3.63, 3.8) is 0 Å². The van der Waals surface area contributed by atoms with Crippen LogP contribution in [0.3, 0.4) is 0 Å². The third kappa shape index (κ3) is 4.18. The minimum Gasteiger partial charge on any atom is -0.389 e. The molecular formula is C15H28N2O2. The van der Waals surface area contributed by atoms with E-state index in [0.717, 1.165) is 57.4 Å². The highest BCUT2D eigenvalue weighted by molar-refractivity contribution is 5.81. The van der Waals surface area contributed by atoms with Gasteiger partial charge in [-0.05, 0) is 50.9 Å². The number of nitrogens with one attached hydrogen (secondary N) is 2. The maximum absolute atomic E-state index is 11.8. The summed E-state index contributed by atoms with van der Waals surface area (Å²) in [5.41, 5.74) is -0.599. The van der Waals surface area contributed by atoms with Crippen LogP contribution in [0.1, 0.15) is 58.3 Å². The Bertz CT molecular complexity index is 299. The van der Waals surface area contributed by atoms with Crippen LogP contribution < -0.4 is 10.6 Å². The van der Waals surface area contributed by atoms with Crippen molar-refractivity contribution in [1.29, 1.82) is 0 Å². The molecular weight excluding hydrogens is 240 g/mol. The van der Waals surface area contributed by atoms with Crippen molar-refractivity contribution in [2.24, 2.45) is 5.92 Å². The average Bonchev–Trinajstić information content (AvgIpc) is 2.62. The van der Waals surface area contributed by atoms with Gasteiger partial charge >= 0.3 is 0 Å². The number of carbonyl (C=O) groups is 1. The van der Waals surface area contributed by atoms with Gasteiger partial charge in [0.2, 0.25) is 5.91 Å². The van der Waals surface area contributed by atoms with Crippen molar-refractivity contribution < 1.29 is 9.90 Å². The predicted molar refractivity (Wildman–Crippen MR) is 75.9 cm³/mol. The van der Waals surface area contributed by atoms with Crippen molar-refractivity contribution in [3.05, 3.63) is 0 Å². The van der Waals surface area contributed by atoms with E-state index < -0.39 is 5.60 Å². The summed E-state index contributed by atoms with van der Waals surface area (Å²) >= 11 is 0. The number of hydrogen-bond donors (Lipinski definition) is 3. The Morgan fingerprint density at radius 2 is 2.05 bits per heavy atom. The van der Waals surface area contributed by atoms with E-state index in [-0.39, 0.29) is 11.9 Å². The Hall–Kier alpha value is -0.610. The summed E-state index contributed by atoms with van der Waals surface area (Å²) in [5, 5.41) is 16.8. The predicted octanol–water partition coefficient (Wildman–Crippen LogP) is 1.58. The van der Waals surface area contributed by atoms with Crippen LogP contribution in [0, 0.1) is 5.92 Å². The van der Waals surface area contributed by atoms with Gasteiger partial charge < -0.3 is 15.7 Å². The summed E-state index contributed by atoms with van der Waals surface area (Å²) < 4.78 is 0. The first-order valence-corrected chi connectivity index (χ1v) is 7.86. The molecule has 0 bridgehead atoms. The third-order valence-corrected chi connectivity index (χ3v) is 4.83. The molecule has 1 heterocycles. The van der Waals surface area contributed by atoms with Crippen molar-refractivity contribution in [3.8, 4) is 0 Å². The molecule has 0 radical (unpaired) electrons. The van der Waals surface area contributed by atoms with Crippen LogP contribution in [0.25, 0.3) is 0 Å². The maximum Gasteiger partial charge on any atom is 0.237 e. The fourth-order valence-electron chi connectivity index (χ4n) is 3.25. The largest absolute Gasteiger partial charge is 0.389 e. The van der Waals surface area contributed by atoms with Gasteiger partial charge in [-0.3, -0.25) is 4.79 Å². The summed E-state index contributed by atoms with van der Waals surface area (Å²) in [6.07, 6.45) is 8.21. The van der Waals surface area contributed by atoms with Crippen molar-refractivity contribution in [2.75, 3.05) is 13.1 Å². The third-order valence-electron chi connectivity index (χ3n) is 4.83. The molecule has 2 rings (SSSR count). The summed E-state index contributed by atoms with van der Waals surface area (Å²) in [6, 6.07) is -0.115. The molecule has 2 fully saturated rings. The fraction of sp³-hybridized carbons (Fsp3) is 0.933. The van der Waals surface area contributed by atoms with Crippen molar-refractivity contribution >= 4 is 5.91 Å². The van der Waals surface area contributed by atoms with Crippen LogP contribution in [0.4, 0.5) is 0 Å². The Morgan fingerprint density at radius 3 is 2.74 bits per heavy atom. The molecule has 4 heteroatoms. The second-order valence-electron chi connectivity index (χ2n) is 6.30. The van der Waals surface area contributed by atoms with Crippen molar-refractivity contribution in [2.45, 2.75) is 69.9 Å². The molecule has 1 unspecified atom stereocenters. The van der Waals surface area contributed by atoms with Gasteiger partial charge in [-0.2, -0.15) is 0 Å². The molecule has 1 amide bonds. The second-order valence-corrected chi connectivity index (χ2v) is 6.30. The minimum absolute atomic E-state index is 0.100. The first-order valence-electron chi connectivity index (χ1n) is 7.86. The first-order chi connectivity index (χ1) is 9.13. The number of hydrogen-bond acceptors (Lipinski definition) is 3. The molecule has 0 aromatic heterocycles. The molecule has 110 valence electrons. The van der Waals surface area contributed by atoms with E-state index in [1.807, 2.05) is 0 Å². The van der Waals surface area contributed by atoms with Gasteiger partial charge in [-0.1, -0.05) is 13.3 Å². The van der Waals surface area contributed by atoms with E-state index >= 15 is 0 Å². The zero-order chi connectivity index (χ0) is 13.7. The molecule has 0 aromatic rings. The quantitative estimate of drug-likeness (QED) is 0.725. The van der Waals surface area contributed by atoms with Crippen LogP contribution in [0.15, 0.2) is 0 Å². The normalized spacial score (nSPS) is 36.6. The van der Waals surface area contributed by atoms with Gasteiger partial charge in [-0.25, -0.2) is 0 Å². The van der Waals surface area contributed by atoms with E-state index in [2.05, 4.69) is 17.6 Å². The van der Waals surface area contributed by atoms with Gasteiger partial charge in [-0.15, -0.1) is 0 Å². The van der Waals surface area contributed by atoms with E-state index in [1.165, 1.54) is 6.42 Å². The monoisotopic (exact) mass is 268 g/mol. The maximum atomic E-state index is 11.8. The minimum atomic E-state index is -0.599. The molecule has 1 aliphatic heterocycles. The summed E-state index contributed by atoms with van der Waals surface area (Å²) in [4.78, 5) is 11.8. The topological polar surface area (TPSA) is 61.4 Å². The molecule has 19 heavy (non-hydrogen) atoms. The highest BCUT2D eigenvalue weighted by Gasteiger charge is 2.33. The molecule has 2 aliphatic rings. The molecule has 1 saturated heterocycles. The Balaban J connectivity index is 1.79. The lowest BCUT2D eigenvalue weighted by Gasteiger charge is -2.36. The van der Waals surface area contributed by atoms with Crippen LogP contribution >= 0.6 is 0 Å². The van der Waals surface area contributed by atoms with Gasteiger partial charge in [0, 0.05) is 13.1 Å². The van der Waals surface area contributed by atoms with Crippen LogP contribution in [0.2, 0.25) is 0 Å². The lowest BCUT2D eigenvalue weighted by molar-refractivity contribution is -0.123. The Labute approximate surface area is 116 Å². The molecule has 3 N–H and O–H groups in total. The van der Waals surface area contributed by atoms with Crippen LogP contribution in [-0.2, 0) is 4.79 Å². The first kappa shape index (κ1) is 14.8. The van der Waals surface area contributed by atoms with E-state index in [4.69, 9.17) is 0 Å². The van der Waals surface area contributed by atoms with Crippen LogP contribution in [0.5, 0.6) is 0 Å². The van der Waals surface area contributed by atoms with Gasteiger partial charge in [0.1, 0.15) is 0 Å². The van der Waals surface area contributed by atoms with E-state index in [9.17, 15) is 9.90 Å². The fourth-order valence-corrected chi connectivity index (χ4v) is 3.25. The zero-order valence-corrected chi connectivity index (χ0v) is 12.1. The summed E-state index contributed by atoms with van der Waals surface area (Å²) in [7, 11) is 0. The Kier molecular flexibility index (Phi) is 5.22. The lowest BCUT2D eigenvalue weighted by atomic mass is 9.77. The molecule has 1 aliphatic carbocycles. The molecule has 0 spiro atoms. The number of aliphatic hydroxyl groups is 1. The number of rotatable bonds is 4. The smallest absolute Gasteiger partial charge is 0.237 e. The van der Waals surface area contributed by atoms with Crippen LogP contribution in [-0.4, -0.2) is 35.7 Å². The molecule has 0 aromatic carbocycles.